The SMILES string of the molecule is CCCC(C(=O)Nc1c(C)cccc1C(=O)OCC)[N+]1(CC)CCCC1. The molecule has 1 atom stereocenters. The van der Waals surface area contributed by atoms with E-state index in [0.717, 1.165) is 42.5 Å². The smallest absolute Gasteiger partial charge is 0.340 e. The van der Waals surface area contributed by atoms with E-state index in [9.17, 15) is 9.59 Å². The molecule has 1 aliphatic rings. The topological polar surface area (TPSA) is 55.4 Å². The standard InChI is InChI=1S/C21H32N2O3/c1-5-11-18(23(6-2)14-8-9-15-23)20(24)22-19-16(4)12-10-13-17(19)21(25)26-7-3/h10,12-13,18H,5-9,11,14-15H2,1-4H3/p+1. The normalized spacial score (nSPS) is 16.9. The summed E-state index contributed by atoms with van der Waals surface area (Å²) in [5, 5.41) is 3.08. The van der Waals surface area contributed by atoms with Gasteiger partial charge in [-0.1, -0.05) is 19.1 Å². The maximum Gasteiger partial charge on any atom is 0.340 e. The predicted octanol–water partition coefficient (Wildman–Crippen LogP) is 3.91. The van der Waals surface area contributed by atoms with Gasteiger partial charge in [0.05, 0.1) is 37.5 Å². The van der Waals surface area contributed by atoms with E-state index in [1.165, 1.54) is 12.8 Å². The highest BCUT2D eigenvalue weighted by Crippen LogP contribution is 2.29. The fourth-order valence-corrected chi connectivity index (χ4v) is 4.16. The second-order valence-corrected chi connectivity index (χ2v) is 7.20. The van der Waals surface area contributed by atoms with E-state index in [1.807, 2.05) is 19.1 Å². The quantitative estimate of drug-likeness (QED) is 0.564. The van der Waals surface area contributed by atoms with Crippen LogP contribution in [0.3, 0.4) is 0 Å². The fourth-order valence-electron chi connectivity index (χ4n) is 4.16. The van der Waals surface area contributed by atoms with Crippen LogP contribution >= 0.6 is 0 Å². The van der Waals surface area contributed by atoms with Gasteiger partial charge in [-0.25, -0.2) is 4.79 Å². The summed E-state index contributed by atoms with van der Waals surface area (Å²) < 4.78 is 6.02. The Morgan fingerprint density at radius 2 is 1.88 bits per heavy atom. The first-order valence-corrected chi connectivity index (χ1v) is 9.92. The molecule has 0 bridgehead atoms. The van der Waals surface area contributed by atoms with E-state index in [1.54, 1.807) is 13.0 Å². The number of likely N-dealkylation sites (N-methyl/N-ethyl adjacent to an activating group) is 1. The number of carbonyl (C=O) groups is 2. The number of quaternary nitrogens is 1. The summed E-state index contributed by atoms with van der Waals surface area (Å²) in [5.74, 6) is -0.366. The zero-order valence-electron chi connectivity index (χ0n) is 16.6. The number of esters is 1. The lowest BCUT2D eigenvalue weighted by molar-refractivity contribution is -0.930. The number of carbonyl (C=O) groups excluding carboxylic acids is 2. The van der Waals surface area contributed by atoms with Crippen LogP contribution in [-0.4, -0.2) is 48.6 Å². The molecule has 0 saturated carbocycles. The van der Waals surface area contributed by atoms with Crippen LogP contribution in [0.5, 0.6) is 0 Å². The molecule has 1 unspecified atom stereocenters. The van der Waals surface area contributed by atoms with Crippen LogP contribution in [0.4, 0.5) is 5.69 Å². The monoisotopic (exact) mass is 361 g/mol. The Labute approximate surface area is 157 Å². The Kier molecular flexibility index (Phi) is 7.21. The molecule has 0 aromatic heterocycles. The predicted molar refractivity (Wildman–Crippen MR) is 104 cm³/mol. The highest BCUT2D eigenvalue weighted by Gasteiger charge is 2.42. The minimum Gasteiger partial charge on any atom is -0.462 e. The van der Waals surface area contributed by atoms with Gasteiger partial charge in [0, 0.05) is 19.3 Å². The van der Waals surface area contributed by atoms with Crippen molar-refractivity contribution in [2.45, 2.75) is 59.4 Å². The summed E-state index contributed by atoms with van der Waals surface area (Å²) in [7, 11) is 0. The lowest BCUT2D eigenvalue weighted by Gasteiger charge is -2.40. The average molecular weight is 362 g/mol. The lowest BCUT2D eigenvalue weighted by atomic mass is 10.0. The number of para-hydroxylation sites is 1. The minimum absolute atomic E-state index is 0.0236. The Morgan fingerprint density at radius 3 is 2.46 bits per heavy atom. The molecule has 144 valence electrons. The van der Waals surface area contributed by atoms with Gasteiger partial charge in [0.15, 0.2) is 6.04 Å². The van der Waals surface area contributed by atoms with Gasteiger partial charge in [0.2, 0.25) is 0 Å². The molecular weight excluding hydrogens is 328 g/mol. The van der Waals surface area contributed by atoms with Crippen LogP contribution in [0.15, 0.2) is 18.2 Å². The molecule has 0 radical (unpaired) electrons. The minimum atomic E-state index is -0.390. The van der Waals surface area contributed by atoms with Crippen molar-refractivity contribution in [1.82, 2.24) is 0 Å². The summed E-state index contributed by atoms with van der Waals surface area (Å²) in [4.78, 5) is 25.6. The third-order valence-corrected chi connectivity index (χ3v) is 5.63. The number of amides is 1. The molecule has 5 heteroatoms. The first-order valence-electron chi connectivity index (χ1n) is 9.92. The highest BCUT2D eigenvalue weighted by atomic mass is 16.5. The number of hydrogen-bond acceptors (Lipinski definition) is 3. The molecule has 1 heterocycles. The first kappa shape index (κ1) is 20.4. The Hall–Kier alpha value is -1.88. The number of hydrogen-bond donors (Lipinski definition) is 1. The van der Waals surface area contributed by atoms with Crippen LogP contribution in [0.2, 0.25) is 0 Å². The summed E-state index contributed by atoms with van der Waals surface area (Å²) >= 11 is 0. The summed E-state index contributed by atoms with van der Waals surface area (Å²) in [6, 6.07) is 5.38. The van der Waals surface area contributed by atoms with Gasteiger partial charge >= 0.3 is 5.97 Å². The number of anilines is 1. The van der Waals surface area contributed by atoms with Crippen molar-refractivity contribution in [2.75, 3.05) is 31.6 Å². The Bertz CT molecular complexity index is 636. The number of aryl methyl sites for hydroxylation is 1. The number of benzene rings is 1. The van der Waals surface area contributed by atoms with Gasteiger partial charge in [-0.05, 0) is 38.8 Å². The van der Waals surface area contributed by atoms with Crippen LogP contribution in [0.1, 0.15) is 62.4 Å². The van der Waals surface area contributed by atoms with Crippen molar-refractivity contribution in [2.24, 2.45) is 0 Å². The van der Waals surface area contributed by atoms with Gasteiger partial charge in [0.1, 0.15) is 0 Å². The molecule has 26 heavy (non-hydrogen) atoms. The van der Waals surface area contributed by atoms with E-state index in [0.29, 0.717) is 17.9 Å². The third-order valence-electron chi connectivity index (χ3n) is 5.63. The van der Waals surface area contributed by atoms with Crippen molar-refractivity contribution >= 4 is 17.6 Å². The Balaban J connectivity index is 2.31. The van der Waals surface area contributed by atoms with Gasteiger partial charge < -0.3 is 14.5 Å². The molecule has 1 aromatic rings. The molecule has 5 nitrogen and oxygen atoms in total. The van der Waals surface area contributed by atoms with Crippen molar-refractivity contribution in [3.8, 4) is 0 Å². The molecular formula is C21H33N2O3+. The lowest BCUT2D eigenvalue weighted by Crippen LogP contribution is -2.58. The molecule has 1 fully saturated rings. The van der Waals surface area contributed by atoms with E-state index in [2.05, 4.69) is 19.2 Å². The van der Waals surface area contributed by atoms with E-state index < -0.39 is 0 Å². The molecule has 2 rings (SSSR count). The second kappa shape index (κ2) is 9.17. The van der Waals surface area contributed by atoms with Crippen molar-refractivity contribution < 1.29 is 18.8 Å². The van der Waals surface area contributed by atoms with Gasteiger partial charge in [-0.2, -0.15) is 0 Å². The molecule has 1 saturated heterocycles. The summed E-state index contributed by atoms with van der Waals surface area (Å²) in [6.45, 7) is 11.4. The maximum absolute atomic E-state index is 13.3. The molecule has 0 spiro atoms. The second-order valence-electron chi connectivity index (χ2n) is 7.20. The maximum atomic E-state index is 13.3. The fraction of sp³-hybridized carbons (Fsp3) is 0.619. The van der Waals surface area contributed by atoms with Gasteiger partial charge in [-0.15, -0.1) is 0 Å². The van der Waals surface area contributed by atoms with E-state index >= 15 is 0 Å². The molecule has 1 N–H and O–H groups in total. The number of nitrogens with one attached hydrogen (secondary N) is 1. The van der Waals surface area contributed by atoms with Crippen LogP contribution in [0, 0.1) is 6.92 Å². The number of rotatable bonds is 8. The average Bonchev–Trinajstić information content (AvgIpc) is 3.11. The summed E-state index contributed by atoms with van der Waals surface area (Å²) in [6.07, 6.45) is 4.19. The van der Waals surface area contributed by atoms with E-state index in [4.69, 9.17) is 4.74 Å². The number of ether oxygens (including phenoxy) is 1. The van der Waals surface area contributed by atoms with Gasteiger partial charge in [-0.3, -0.25) is 4.79 Å². The zero-order chi connectivity index (χ0) is 19.2. The Morgan fingerprint density at radius 1 is 1.19 bits per heavy atom. The van der Waals surface area contributed by atoms with Gasteiger partial charge in [0.25, 0.3) is 5.91 Å². The van der Waals surface area contributed by atoms with Crippen LogP contribution in [-0.2, 0) is 9.53 Å². The molecule has 0 aliphatic carbocycles. The van der Waals surface area contributed by atoms with Crippen molar-refractivity contribution in [3.63, 3.8) is 0 Å². The van der Waals surface area contributed by atoms with Crippen molar-refractivity contribution in [3.05, 3.63) is 29.3 Å². The molecule has 1 amide bonds. The molecule has 1 aromatic carbocycles. The largest absolute Gasteiger partial charge is 0.462 e. The summed E-state index contributed by atoms with van der Waals surface area (Å²) in [5.41, 5.74) is 1.90. The zero-order valence-corrected chi connectivity index (χ0v) is 16.6. The third kappa shape index (κ3) is 4.26. The first-order chi connectivity index (χ1) is 12.5. The number of likely N-dealkylation sites (tertiary alicyclic amines) is 1. The van der Waals surface area contributed by atoms with E-state index in [-0.39, 0.29) is 17.9 Å². The van der Waals surface area contributed by atoms with Crippen LogP contribution in [0.25, 0.3) is 0 Å². The molecule has 1 aliphatic heterocycles. The van der Waals surface area contributed by atoms with Crippen LogP contribution < -0.4 is 5.32 Å². The van der Waals surface area contributed by atoms with Crippen molar-refractivity contribution in [1.29, 1.82) is 0 Å². The number of nitrogens with zero attached hydrogens (tertiary/aromatic N) is 1. The highest BCUT2D eigenvalue weighted by molar-refractivity contribution is 6.03.